The van der Waals surface area contributed by atoms with E-state index in [2.05, 4.69) is 19.2 Å². The van der Waals surface area contributed by atoms with Crippen molar-refractivity contribution < 1.29 is 18.8 Å². The fourth-order valence-electron chi connectivity index (χ4n) is 2.42. The van der Waals surface area contributed by atoms with E-state index in [9.17, 15) is 4.79 Å². The second-order valence-electron chi connectivity index (χ2n) is 4.95. The van der Waals surface area contributed by atoms with Crippen LogP contribution in [0.5, 0.6) is 0 Å². The molecule has 100 valence electrons. The normalized spacial score (nSPS) is 28.0. The second kappa shape index (κ2) is 6.02. The Morgan fingerprint density at radius 2 is 2.17 bits per heavy atom. The first-order valence-electron chi connectivity index (χ1n) is 6.41. The van der Waals surface area contributed by atoms with Gasteiger partial charge in [0, 0.05) is 0 Å². The third-order valence-corrected chi connectivity index (χ3v) is 3.07. The Bertz CT molecular complexity index is 368. The summed E-state index contributed by atoms with van der Waals surface area (Å²) >= 11 is 0. The first-order valence-corrected chi connectivity index (χ1v) is 6.41. The van der Waals surface area contributed by atoms with Crippen LogP contribution in [0.15, 0.2) is 22.8 Å². The largest absolute Gasteiger partial charge is 0.467 e. The van der Waals surface area contributed by atoms with Gasteiger partial charge in [0.2, 0.25) is 0 Å². The molecule has 0 radical (unpaired) electrons. The summed E-state index contributed by atoms with van der Waals surface area (Å²) in [7, 11) is 0. The van der Waals surface area contributed by atoms with Crippen molar-refractivity contribution in [2.75, 3.05) is 19.6 Å². The molecule has 0 bridgehead atoms. The quantitative estimate of drug-likeness (QED) is 0.767. The lowest BCUT2D eigenvalue weighted by atomic mass is 10.2. The zero-order valence-corrected chi connectivity index (χ0v) is 10.9. The number of carbonyl (C=O) groups is 1. The van der Waals surface area contributed by atoms with Crippen LogP contribution in [0, 0.1) is 0 Å². The minimum absolute atomic E-state index is 0.0581. The highest BCUT2D eigenvalue weighted by Crippen LogP contribution is 1.99. The number of ether oxygens (including phenoxy) is 1. The van der Waals surface area contributed by atoms with Gasteiger partial charge in [-0.25, -0.2) is 0 Å². The van der Waals surface area contributed by atoms with E-state index < -0.39 is 0 Å². The lowest BCUT2D eigenvalue weighted by molar-refractivity contribution is -0.907. The highest BCUT2D eigenvalue weighted by molar-refractivity contribution is 5.76. The molecular weight excluding hydrogens is 232 g/mol. The van der Waals surface area contributed by atoms with E-state index in [1.165, 1.54) is 4.90 Å². The van der Waals surface area contributed by atoms with Crippen molar-refractivity contribution in [3.05, 3.63) is 24.2 Å². The average molecular weight is 253 g/mol. The van der Waals surface area contributed by atoms with Gasteiger partial charge in [-0.05, 0) is 26.0 Å². The Hall–Kier alpha value is -1.33. The van der Waals surface area contributed by atoms with Crippen molar-refractivity contribution in [1.29, 1.82) is 0 Å². The fraction of sp³-hybridized carbons (Fsp3) is 0.615. The first kappa shape index (κ1) is 13.1. The molecule has 0 aliphatic carbocycles. The zero-order chi connectivity index (χ0) is 13.0. The molecule has 1 amide bonds. The summed E-state index contributed by atoms with van der Waals surface area (Å²) < 4.78 is 10.8. The standard InChI is InChI=1S/C13H20N2O3/c1-10-7-15(8-11(2)18-10)9-13(16)14-6-12-4-3-5-17-12/h3-5,10-11H,6-9H2,1-2H3,(H,14,16)/p+1/t10-,11-/m1/s1. The maximum Gasteiger partial charge on any atom is 0.275 e. The molecule has 2 N–H and O–H groups in total. The van der Waals surface area contributed by atoms with E-state index in [0.29, 0.717) is 13.1 Å². The number of amides is 1. The molecule has 0 spiro atoms. The molecule has 1 saturated heterocycles. The summed E-state index contributed by atoms with van der Waals surface area (Å²) in [6.45, 7) is 6.84. The van der Waals surface area contributed by atoms with E-state index in [1.807, 2.05) is 12.1 Å². The van der Waals surface area contributed by atoms with Crippen LogP contribution in [0.25, 0.3) is 0 Å². The number of rotatable bonds is 4. The van der Waals surface area contributed by atoms with Gasteiger partial charge in [0.1, 0.15) is 31.1 Å². The lowest BCUT2D eigenvalue weighted by Gasteiger charge is -2.31. The van der Waals surface area contributed by atoms with E-state index in [1.54, 1.807) is 6.26 Å². The van der Waals surface area contributed by atoms with Gasteiger partial charge in [-0.15, -0.1) is 0 Å². The van der Waals surface area contributed by atoms with E-state index >= 15 is 0 Å². The minimum Gasteiger partial charge on any atom is -0.467 e. The second-order valence-corrected chi connectivity index (χ2v) is 4.95. The van der Waals surface area contributed by atoms with Crippen LogP contribution in [0.3, 0.4) is 0 Å². The van der Waals surface area contributed by atoms with Gasteiger partial charge >= 0.3 is 0 Å². The zero-order valence-electron chi connectivity index (χ0n) is 10.9. The fourth-order valence-corrected chi connectivity index (χ4v) is 2.42. The summed E-state index contributed by atoms with van der Waals surface area (Å²) in [4.78, 5) is 13.1. The van der Waals surface area contributed by atoms with E-state index in [4.69, 9.17) is 9.15 Å². The third-order valence-electron chi connectivity index (χ3n) is 3.07. The topological polar surface area (TPSA) is 55.9 Å². The van der Waals surface area contributed by atoms with Crippen LogP contribution >= 0.6 is 0 Å². The summed E-state index contributed by atoms with van der Waals surface area (Å²) in [5, 5.41) is 2.87. The van der Waals surface area contributed by atoms with Crippen LogP contribution in [-0.4, -0.2) is 37.7 Å². The summed E-state index contributed by atoms with van der Waals surface area (Å²) in [6.07, 6.45) is 2.06. The van der Waals surface area contributed by atoms with Gasteiger partial charge in [0.15, 0.2) is 6.54 Å². The predicted octanol–water partition coefficient (Wildman–Crippen LogP) is -0.412. The van der Waals surface area contributed by atoms with E-state index in [0.717, 1.165) is 18.8 Å². The molecule has 0 unspecified atom stereocenters. The molecule has 2 atom stereocenters. The SMILES string of the molecule is C[C@@H]1C[NH+](CC(=O)NCc2ccco2)C[C@@H](C)O1. The number of quaternary nitrogens is 1. The molecule has 0 saturated carbocycles. The smallest absolute Gasteiger partial charge is 0.275 e. The molecule has 1 fully saturated rings. The molecule has 1 aromatic heterocycles. The van der Waals surface area contributed by atoms with Gasteiger partial charge < -0.3 is 19.4 Å². The number of morpholine rings is 1. The minimum atomic E-state index is 0.0581. The highest BCUT2D eigenvalue weighted by Gasteiger charge is 2.26. The lowest BCUT2D eigenvalue weighted by Crippen LogP contribution is -3.16. The van der Waals surface area contributed by atoms with Gasteiger partial charge in [-0.3, -0.25) is 4.79 Å². The van der Waals surface area contributed by atoms with Crippen molar-refractivity contribution in [2.24, 2.45) is 0 Å². The predicted molar refractivity (Wildman–Crippen MR) is 66.1 cm³/mol. The number of hydrogen-bond acceptors (Lipinski definition) is 3. The summed E-state index contributed by atoms with van der Waals surface area (Å²) in [5.41, 5.74) is 0. The van der Waals surface area contributed by atoms with Crippen molar-refractivity contribution in [3.8, 4) is 0 Å². The van der Waals surface area contributed by atoms with Gasteiger partial charge in [-0.2, -0.15) is 0 Å². The highest BCUT2D eigenvalue weighted by atomic mass is 16.5. The first-order chi connectivity index (χ1) is 8.63. The number of furan rings is 1. The van der Waals surface area contributed by atoms with Crippen LogP contribution in [-0.2, 0) is 16.1 Å². The van der Waals surface area contributed by atoms with Crippen LogP contribution in [0.1, 0.15) is 19.6 Å². The Labute approximate surface area is 107 Å². The molecule has 2 rings (SSSR count). The molecule has 1 aromatic rings. The van der Waals surface area contributed by atoms with Crippen LogP contribution in [0.2, 0.25) is 0 Å². The maximum atomic E-state index is 11.8. The van der Waals surface area contributed by atoms with Gasteiger partial charge in [0.25, 0.3) is 5.91 Å². The Balaban J connectivity index is 1.73. The number of carbonyl (C=O) groups excluding carboxylic acids is 1. The summed E-state index contributed by atoms with van der Waals surface area (Å²) in [6, 6.07) is 3.67. The number of hydrogen-bond donors (Lipinski definition) is 2. The molecule has 1 aliphatic rings. The Morgan fingerprint density at radius 1 is 1.44 bits per heavy atom. The van der Waals surface area contributed by atoms with Crippen LogP contribution in [0.4, 0.5) is 0 Å². The van der Waals surface area contributed by atoms with Gasteiger partial charge in [0.05, 0.1) is 12.8 Å². The molecule has 2 heterocycles. The Kier molecular flexibility index (Phi) is 4.38. The van der Waals surface area contributed by atoms with E-state index in [-0.39, 0.29) is 18.1 Å². The molecule has 1 aliphatic heterocycles. The number of nitrogens with one attached hydrogen (secondary N) is 2. The molecule has 0 aromatic carbocycles. The molecule has 5 nitrogen and oxygen atoms in total. The third kappa shape index (κ3) is 3.85. The molecular formula is C13H21N2O3+. The van der Waals surface area contributed by atoms with Crippen molar-refractivity contribution in [3.63, 3.8) is 0 Å². The van der Waals surface area contributed by atoms with Crippen molar-refractivity contribution in [2.45, 2.75) is 32.6 Å². The summed E-state index contributed by atoms with van der Waals surface area (Å²) in [5.74, 6) is 0.838. The average Bonchev–Trinajstić information content (AvgIpc) is 2.77. The maximum absolute atomic E-state index is 11.8. The van der Waals surface area contributed by atoms with Crippen molar-refractivity contribution >= 4 is 5.91 Å². The van der Waals surface area contributed by atoms with Gasteiger partial charge in [-0.1, -0.05) is 0 Å². The molecule has 18 heavy (non-hydrogen) atoms. The van der Waals surface area contributed by atoms with Crippen molar-refractivity contribution in [1.82, 2.24) is 5.32 Å². The Morgan fingerprint density at radius 3 is 2.78 bits per heavy atom. The van der Waals surface area contributed by atoms with Crippen LogP contribution < -0.4 is 10.2 Å². The monoisotopic (exact) mass is 253 g/mol. The molecule has 5 heteroatoms.